The lowest BCUT2D eigenvalue weighted by Crippen LogP contribution is -2.13. The molecular weight excluding hydrogens is 466 g/mol. The van der Waals surface area contributed by atoms with Gasteiger partial charge in [-0.3, -0.25) is 9.78 Å². The Balaban J connectivity index is 1.46. The van der Waals surface area contributed by atoms with Crippen LogP contribution in [0.5, 0.6) is 0 Å². The molecule has 0 saturated heterocycles. The standard InChI is InChI=1S/C26H23N3O5S/c1-17-15-23(18(2)29(17)21-9-11-22(12-10-21)35(27,32)33)24(30)16-34-25(31)13-8-20-6-3-5-19-7-4-14-28-26(19)20/h3-15H,16H2,1-2H3,(H2,27,32,33)/b13-8+. The van der Waals surface area contributed by atoms with Gasteiger partial charge in [-0.15, -0.1) is 0 Å². The van der Waals surface area contributed by atoms with E-state index in [-0.39, 0.29) is 10.7 Å². The Labute approximate surface area is 202 Å². The van der Waals surface area contributed by atoms with E-state index in [1.807, 2.05) is 41.8 Å². The number of hydrogen-bond donors (Lipinski definition) is 1. The maximum absolute atomic E-state index is 12.8. The number of benzene rings is 2. The third-order valence-electron chi connectivity index (χ3n) is 5.56. The van der Waals surface area contributed by atoms with E-state index in [1.54, 1.807) is 37.4 Å². The molecule has 8 nitrogen and oxygen atoms in total. The molecule has 0 unspecified atom stereocenters. The number of esters is 1. The van der Waals surface area contributed by atoms with E-state index in [2.05, 4.69) is 4.98 Å². The summed E-state index contributed by atoms with van der Waals surface area (Å²) in [5.41, 5.74) is 4.03. The normalized spacial score (nSPS) is 11.7. The van der Waals surface area contributed by atoms with Gasteiger partial charge in [0.1, 0.15) is 0 Å². The van der Waals surface area contributed by atoms with Crippen LogP contribution in [-0.4, -0.2) is 36.3 Å². The van der Waals surface area contributed by atoms with Crippen molar-refractivity contribution in [1.82, 2.24) is 9.55 Å². The lowest BCUT2D eigenvalue weighted by Gasteiger charge is -2.10. The summed E-state index contributed by atoms with van der Waals surface area (Å²) in [7, 11) is -3.80. The van der Waals surface area contributed by atoms with Gasteiger partial charge in [0.25, 0.3) is 0 Å². The molecule has 35 heavy (non-hydrogen) atoms. The number of ether oxygens (including phenoxy) is 1. The van der Waals surface area contributed by atoms with Crippen molar-refractivity contribution in [1.29, 1.82) is 0 Å². The molecule has 178 valence electrons. The molecule has 2 N–H and O–H groups in total. The van der Waals surface area contributed by atoms with Crippen LogP contribution in [0.4, 0.5) is 0 Å². The van der Waals surface area contributed by atoms with Gasteiger partial charge in [-0.2, -0.15) is 0 Å². The number of Topliss-reactive ketones (excluding diaryl/α,β-unsaturated/α-hetero) is 1. The molecule has 0 aliphatic rings. The van der Waals surface area contributed by atoms with Gasteiger partial charge < -0.3 is 9.30 Å². The molecule has 0 amide bonds. The number of pyridine rings is 1. The first-order valence-electron chi connectivity index (χ1n) is 10.7. The number of aryl methyl sites for hydroxylation is 1. The zero-order valence-corrected chi connectivity index (χ0v) is 20.0. The second kappa shape index (κ2) is 9.65. The molecule has 0 atom stereocenters. The number of rotatable bonds is 7. The third kappa shape index (κ3) is 5.21. The van der Waals surface area contributed by atoms with E-state index in [0.717, 1.165) is 22.2 Å². The van der Waals surface area contributed by atoms with Crippen molar-refractivity contribution < 1.29 is 22.7 Å². The SMILES string of the molecule is Cc1cc(C(=O)COC(=O)/C=C/c2cccc3cccnc23)c(C)n1-c1ccc(S(N)(=O)=O)cc1. The smallest absolute Gasteiger partial charge is 0.331 e. The molecule has 0 fully saturated rings. The molecule has 0 radical (unpaired) electrons. The predicted octanol–water partition coefficient (Wildman–Crippen LogP) is 3.73. The predicted molar refractivity (Wildman–Crippen MR) is 133 cm³/mol. The molecule has 0 bridgehead atoms. The van der Waals surface area contributed by atoms with Gasteiger partial charge >= 0.3 is 5.97 Å². The van der Waals surface area contributed by atoms with Crippen molar-refractivity contribution in [3.63, 3.8) is 0 Å². The minimum absolute atomic E-state index is 0.000685. The molecule has 0 spiro atoms. The highest BCUT2D eigenvalue weighted by molar-refractivity contribution is 7.89. The number of aromatic nitrogens is 2. The van der Waals surface area contributed by atoms with E-state index >= 15 is 0 Å². The summed E-state index contributed by atoms with van der Waals surface area (Å²) in [4.78, 5) is 29.4. The molecule has 0 saturated carbocycles. The first-order chi connectivity index (χ1) is 16.6. The highest BCUT2D eigenvalue weighted by atomic mass is 32.2. The molecular formula is C26H23N3O5S. The third-order valence-corrected chi connectivity index (χ3v) is 6.49. The van der Waals surface area contributed by atoms with Crippen molar-refractivity contribution >= 4 is 38.8 Å². The van der Waals surface area contributed by atoms with Gasteiger partial charge in [0.05, 0.1) is 10.4 Å². The van der Waals surface area contributed by atoms with E-state index in [4.69, 9.17) is 9.88 Å². The molecule has 2 aromatic heterocycles. The van der Waals surface area contributed by atoms with Crippen LogP contribution in [-0.2, 0) is 19.6 Å². The zero-order valence-electron chi connectivity index (χ0n) is 19.1. The van der Waals surface area contributed by atoms with Crippen LogP contribution in [0.2, 0.25) is 0 Å². The number of carbonyl (C=O) groups excluding carboxylic acids is 2. The average molecular weight is 490 g/mol. The number of nitrogens with two attached hydrogens (primary N) is 1. The number of carbonyl (C=O) groups is 2. The van der Waals surface area contributed by atoms with Crippen molar-refractivity contribution in [3.05, 3.63) is 95.5 Å². The van der Waals surface area contributed by atoms with Crippen LogP contribution in [0.1, 0.15) is 27.3 Å². The van der Waals surface area contributed by atoms with Gasteiger partial charge in [0.15, 0.2) is 6.61 Å². The van der Waals surface area contributed by atoms with E-state index in [0.29, 0.717) is 16.9 Å². The van der Waals surface area contributed by atoms with Crippen molar-refractivity contribution in [2.75, 3.05) is 6.61 Å². The number of ketones is 1. The molecule has 4 rings (SSSR count). The topological polar surface area (TPSA) is 121 Å². The van der Waals surface area contributed by atoms with Crippen molar-refractivity contribution in [2.45, 2.75) is 18.7 Å². The van der Waals surface area contributed by atoms with Gasteiger partial charge in [0, 0.05) is 45.9 Å². The quantitative estimate of drug-likeness (QED) is 0.240. The Hall–Kier alpha value is -4.08. The zero-order chi connectivity index (χ0) is 25.2. The van der Waals surface area contributed by atoms with Crippen LogP contribution in [0.3, 0.4) is 0 Å². The van der Waals surface area contributed by atoms with Crippen molar-refractivity contribution in [2.24, 2.45) is 5.14 Å². The highest BCUT2D eigenvalue weighted by Gasteiger charge is 2.18. The largest absolute Gasteiger partial charge is 0.454 e. The summed E-state index contributed by atoms with van der Waals surface area (Å²) in [5.74, 6) is -0.988. The molecule has 0 aliphatic heterocycles. The lowest BCUT2D eigenvalue weighted by atomic mass is 10.1. The maximum Gasteiger partial charge on any atom is 0.331 e. The fraction of sp³-hybridized carbons (Fsp3) is 0.115. The maximum atomic E-state index is 12.8. The fourth-order valence-electron chi connectivity index (χ4n) is 3.91. The van der Waals surface area contributed by atoms with E-state index < -0.39 is 22.6 Å². The number of fused-ring (bicyclic) bond motifs is 1. The van der Waals surface area contributed by atoms with E-state index in [1.165, 1.54) is 18.2 Å². The second-order valence-corrected chi connectivity index (χ2v) is 9.51. The monoisotopic (exact) mass is 489 g/mol. The average Bonchev–Trinajstić information content (AvgIpc) is 3.14. The molecule has 0 aliphatic carbocycles. The van der Waals surface area contributed by atoms with Crippen LogP contribution in [0, 0.1) is 13.8 Å². The van der Waals surface area contributed by atoms with Gasteiger partial charge in [0.2, 0.25) is 15.8 Å². The Morgan fingerprint density at radius 1 is 1.06 bits per heavy atom. The molecule has 9 heteroatoms. The second-order valence-electron chi connectivity index (χ2n) is 7.95. The summed E-state index contributed by atoms with van der Waals surface area (Å²) in [6.07, 6.45) is 4.56. The van der Waals surface area contributed by atoms with Gasteiger partial charge in [-0.05, 0) is 56.3 Å². The van der Waals surface area contributed by atoms with Crippen LogP contribution in [0.25, 0.3) is 22.7 Å². The van der Waals surface area contributed by atoms with Crippen LogP contribution in [0.15, 0.2) is 77.8 Å². The van der Waals surface area contributed by atoms with Gasteiger partial charge in [-0.25, -0.2) is 18.4 Å². The molecule has 2 heterocycles. The minimum atomic E-state index is -3.80. The molecule has 4 aromatic rings. The number of para-hydroxylation sites is 1. The van der Waals surface area contributed by atoms with Crippen LogP contribution < -0.4 is 5.14 Å². The van der Waals surface area contributed by atoms with E-state index in [9.17, 15) is 18.0 Å². The van der Waals surface area contributed by atoms with Crippen molar-refractivity contribution in [3.8, 4) is 5.69 Å². The minimum Gasteiger partial charge on any atom is -0.454 e. The molecule has 2 aromatic carbocycles. The van der Waals surface area contributed by atoms with Crippen LogP contribution >= 0.6 is 0 Å². The number of sulfonamides is 1. The Bertz CT molecular complexity index is 1560. The number of hydrogen-bond acceptors (Lipinski definition) is 6. The summed E-state index contributed by atoms with van der Waals surface area (Å²) < 4.78 is 30.0. The Kier molecular flexibility index (Phi) is 6.63. The summed E-state index contributed by atoms with van der Waals surface area (Å²) >= 11 is 0. The first kappa shape index (κ1) is 24.1. The summed E-state index contributed by atoms with van der Waals surface area (Å²) in [6, 6.07) is 17.2. The number of nitrogens with zero attached hydrogens (tertiary/aromatic N) is 2. The fourth-order valence-corrected chi connectivity index (χ4v) is 4.43. The van der Waals surface area contributed by atoms with Gasteiger partial charge in [-0.1, -0.05) is 24.3 Å². The number of primary sulfonamides is 1. The summed E-state index contributed by atoms with van der Waals surface area (Å²) in [5, 5.41) is 6.11. The summed E-state index contributed by atoms with van der Waals surface area (Å²) in [6.45, 7) is 3.18. The highest BCUT2D eigenvalue weighted by Crippen LogP contribution is 2.23. The first-order valence-corrected chi connectivity index (χ1v) is 12.2. The Morgan fingerprint density at radius 2 is 1.77 bits per heavy atom. The lowest BCUT2D eigenvalue weighted by molar-refractivity contribution is -0.136. The Morgan fingerprint density at radius 3 is 2.49 bits per heavy atom.